The number of nitrogens with one attached hydrogen (secondary N) is 1. The molecule has 0 spiro atoms. The topological polar surface area (TPSA) is 32.3 Å². The molecular weight excluding hydrogens is 328 g/mol. The van der Waals surface area contributed by atoms with Gasteiger partial charge < -0.3 is 10.2 Å². The van der Waals surface area contributed by atoms with Gasteiger partial charge in [-0.3, -0.25) is 4.79 Å². The highest BCUT2D eigenvalue weighted by Gasteiger charge is 2.24. The van der Waals surface area contributed by atoms with Crippen LogP contribution in [0.1, 0.15) is 30.1 Å². The first-order chi connectivity index (χ1) is 8.97. The Morgan fingerprint density at radius 3 is 2.95 bits per heavy atom. The van der Waals surface area contributed by atoms with Crippen LogP contribution in [0.2, 0.25) is 5.02 Å². The SMILES string of the molecule is CC1CC(NC(=O)c2cc(Br)ccc2Cl)CCN1C. The second kappa shape index (κ2) is 6.25. The van der Waals surface area contributed by atoms with E-state index in [4.69, 9.17) is 11.6 Å². The number of halogens is 2. The largest absolute Gasteiger partial charge is 0.349 e. The van der Waals surface area contributed by atoms with Crippen molar-refractivity contribution < 1.29 is 4.79 Å². The highest BCUT2D eigenvalue weighted by Crippen LogP contribution is 2.22. The molecule has 0 bridgehead atoms. The van der Waals surface area contributed by atoms with E-state index < -0.39 is 0 Å². The van der Waals surface area contributed by atoms with Crippen LogP contribution in [0.25, 0.3) is 0 Å². The second-order valence-corrected chi connectivity index (χ2v) is 6.47. The fourth-order valence-corrected chi connectivity index (χ4v) is 2.92. The van der Waals surface area contributed by atoms with E-state index in [1.54, 1.807) is 12.1 Å². The molecule has 19 heavy (non-hydrogen) atoms. The van der Waals surface area contributed by atoms with E-state index in [2.05, 4.69) is 40.1 Å². The highest BCUT2D eigenvalue weighted by atomic mass is 79.9. The van der Waals surface area contributed by atoms with Crippen LogP contribution in [0, 0.1) is 0 Å². The van der Waals surface area contributed by atoms with Crippen molar-refractivity contribution in [3.63, 3.8) is 0 Å². The number of carbonyl (C=O) groups excluding carboxylic acids is 1. The molecule has 104 valence electrons. The van der Waals surface area contributed by atoms with Gasteiger partial charge in [0.1, 0.15) is 0 Å². The zero-order chi connectivity index (χ0) is 14.0. The molecule has 1 saturated heterocycles. The summed E-state index contributed by atoms with van der Waals surface area (Å²) in [4.78, 5) is 14.6. The van der Waals surface area contributed by atoms with Crippen molar-refractivity contribution in [2.45, 2.75) is 31.8 Å². The van der Waals surface area contributed by atoms with Gasteiger partial charge in [0.25, 0.3) is 5.91 Å². The number of piperidine rings is 1. The number of hydrogen-bond acceptors (Lipinski definition) is 2. The second-order valence-electron chi connectivity index (χ2n) is 5.15. The first kappa shape index (κ1) is 14.8. The van der Waals surface area contributed by atoms with Gasteiger partial charge in [0.05, 0.1) is 10.6 Å². The molecule has 3 nitrogen and oxygen atoms in total. The van der Waals surface area contributed by atoms with Crippen molar-refractivity contribution in [3.05, 3.63) is 33.3 Å². The van der Waals surface area contributed by atoms with Crippen molar-refractivity contribution in [3.8, 4) is 0 Å². The van der Waals surface area contributed by atoms with Gasteiger partial charge in [-0.1, -0.05) is 27.5 Å². The molecule has 2 unspecified atom stereocenters. The Kier molecular flexibility index (Phi) is 4.87. The predicted molar refractivity (Wildman–Crippen MR) is 81.7 cm³/mol. The third-order valence-electron chi connectivity index (χ3n) is 3.72. The molecule has 1 amide bonds. The van der Waals surface area contributed by atoms with Gasteiger partial charge in [-0.15, -0.1) is 0 Å². The summed E-state index contributed by atoms with van der Waals surface area (Å²) < 4.78 is 0.860. The maximum atomic E-state index is 12.2. The molecule has 5 heteroatoms. The minimum absolute atomic E-state index is 0.0898. The number of hydrogen-bond donors (Lipinski definition) is 1. The average Bonchev–Trinajstić information content (AvgIpc) is 2.36. The average molecular weight is 346 g/mol. The number of carbonyl (C=O) groups is 1. The molecule has 1 aromatic rings. The third kappa shape index (κ3) is 3.71. The maximum absolute atomic E-state index is 12.2. The minimum atomic E-state index is -0.0898. The number of rotatable bonds is 2. The number of likely N-dealkylation sites (tertiary alicyclic amines) is 1. The Morgan fingerprint density at radius 1 is 1.53 bits per heavy atom. The Hall–Kier alpha value is -0.580. The van der Waals surface area contributed by atoms with Crippen LogP contribution in [-0.4, -0.2) is 36.5 Å². The number of benzene rings is 1. The summed E-state index contributed by atoms with van der Waals surface area (Å²) in [6.07, 6.45) is 1.96. The summed E-state index contributed by atoms with van der Waals surface area (Å²) in [7, 11) is 2.12. The summed E-state index contributed by atoms with van der Waals surface area (Å²) in [5.74, 6) is -0.0898. The van der Waals surface area contributed by atoms with Gasteiger partial charge in [0, 0.05) is 23.1 Å². The fraction of sp³-hybridized carbons (Fsp3) is 0.500. The lowest BCUT2D eigenvalue weighted by Crippen LogP contribution is -2.47. The van der Waals surface area contributed by atoms with Gasteiger partial charge in [-0.25, -0.2) is 0 Å². The predicted octanol–water partition coefficient (Wildman–Crippen LogP) is 3.32. The summed E-state index contributed by atoms with van der Waals surface area (Å²) in [5.41, 5.74) is 0.530. The molecule has 1 aromatic carbocycles. The molecule has 0 aliphatic carbocycles. The van der Waals surface area contributed by atoms with E-state index in [1.807, 2.05) is 6.07 Å². The van der Waals surface area contributed by atoms with E-state index in [0.29, 0.717) is 16.6 Å². The molecule has 0 saturated carbocycles. The van der Waals surface area contributed by atoms with Crippen molar-refractivity contribution in [1.82, 2.24) is 10.2 Å². The molecule has 0 radical (unpaired) electrons. The molecule has 1 N–H and O–H groups in total. The van der Waals surface area contributed by atoms with Gasteiger partial charge in [0.15, 0.2) is 0 Å². The molecular formula is C14H18BrClN2O. The Bertz CT molecular complexity index is 481. The summed E-state index contributed by atoms with van der Waals surface area (Å²) >= 11 is 9.43. The molecule has 0 aromatic heterocycles. The number of amides is 1. The van der Waals surface area contributed by atoms with E-state index >= 15 is 0 Å². The van der Waals surface area contributed by atoms with Crippen molar-refractivity contribution in [2.75, 3.05) is 13.6 Å². The van der Waals surface area contributed by atoms with Crippen LogP contribution in [0.3, 0.4) is 0 Å². The Labute approximate surface area is 127 Å². The van der Waals surface area contributed by atoms with Crippen LogP contribution < -0.4 is 5.32 Å². The molecule has 1 aliphatic heterocycles. The van der Waals surface area contributed by atoms with E-state index in [-0.39, 0.29) is 11.9 Å². The Balaban J connectivity index is 2.03. The summed E-state index contributed by atoms with van der Waals surface area (Å²) in [5, 5.41) is 3.57. The molecule has 1 aliphatic rings. The lowest BCUT2D eigenvalue weighted by molar-refractivity contribution is 0.0896. The van der Waals surface area contributed by atoms with Crippen LogP contribution in [0.15, 0.2) is 22.7 Å². The lowest BCUT2D eigenvalue weighted by Gasteiger charge is -2.35. The first-order valence-electron chi connectivity index (χ1n) is 6.43. The quantitative estimate of drug-likeness (QED) is 0.892. The van der Waals surface area contributed by atoms with Crippen LogP contribution in [0.5, 0.6) is 0 Å². The summed E-state index contributed by atoms with van der Waals surface area (Å²) in [6.45, 7) is 3.20. The third-order valence-corrected chi connectivity index (χ3v) is 4.54. The number of nitrogens with zero attached hydrogens (tertiary/aromatic N) is 1. The normalized spacial score (nSPS) is 24.2. The van der Waals surface area contributed by atoms with Gasteiger partial charge in [0.2, 0.25) is 0 Å². The van der Waals surface area contributed by atoms with Crippen molar-refractivity contribution >= 4 is 33.4 Å². The maximum Gasteiger partial charge on any atom is 0.253 e. The van der Waals surface area contributed by atoms with Gasteiger partial charge >= 0.3 is 0 Å². The molecule has 1 heterocycles. The monoisotopic (exact) mass is 344 g/mol. The van der Waals surface area contributed by atoms with E-state index in [0.717, 1.165) is 23.9 Å². The zero-order valence-corrected chi connectivity index (χ0v) is 13.5. The Morgan fingerprint density at radius 2 is 2.26 bits per heavy atom. The lowest BCUT2D eigenvalue weighted by atomic mass is 9.98. The fourth-order valence-electron chi connectivity index (χ4n) is 2.36. The van der Waals surface area contributed by atoms with Crippen LogP contribution >= 0.6 is 27.5 Å². The van der Waals surface area contributed by atoms with Gasteiger partial charge in [-0.05, 0) is 45.0 Å². The van der Waals surface area contributed by atoms with Gasteiger partial charge in [-0.2, -0.15) is 0 Å². The minimum Gasteiger partial charge on any atom is -0.349 e. The molecule has 1 fully saturated rings. The van der Waals surface area contributed by atoms with Crippen LogP contribution in [0.4, 0.5) is 0 Å². The first-order valence-corrected chi connectivity index (χ1v) is 7.60. The standard InChI is InChI=1S/C14H18BrClN2O/c1-9-7-11(5-6-18(9)2)17-14(19)12-8-10(15)3-4-13(12)16/h3-4,8-9,11H,5-7H2,1-2H3,(H,17,19). The molecule has 2 rings (SSSR count). The highest BCUT2D eigenvalue weighted by molar-refractivity contribution is 9.10. The van der Waals surface area contributed by atoms with E-state index in [9.17, 15) is 4.79 Å². The van der Waals surface area contributed by atoms with E-state index in [1.165, 1.54) is 0 Å². The summed E-state index contributed by atoms with van der Waals surface area (Å²) in [6, 6.07) is 6.05. The van der Waals surface area contributed by atoms with Crippen molar-refractivity contribution in [2.24, 2.45) is 0 Å². The van der Waals surface area contributed by atoms with Crippen LogP contribution in [-0.2, 0) is 0 Å². The zero-order valence-electron chi connectivity index (χ0n) is 11.1. The molecule has 2 atom stereocenters. The smallest absolute Gasteiger partial charge is 0.253 e. The van der Waals surface area contributed by atoms with Crippen molar-refractivity contribution in [1.29, 1.82) is 0 Å².